The first-order valence-corrected chi connectivity index (χ1v) is 11.5. The van der Waals surface area contributed by atoms with Crippen LogP contribution in [0.15, 0.2) is 106 Å². The van der Waals surface area contributed by atoms with Gasteiger partial charge in [-0.05, 0) is 6.07 Å². The first-order chi connectivity index (χ1) is 19.9. The van der Waals surface area contributed by atoms with E-state index in [1.807, 2.05) is 6.07 Å². The predicted molar refractivity (Wildman–Crippen MR) is 143 cm³/mol. The summed E-state index contributed by atoms with van der Waals surface area (Å²) in [5.74, 6) is 0. The molecule has 0 saturated carbocycles. The van der Waals surface area contributed by atoms with Crippen molar-refractivity contribution in [2.75, 3.05) is 0 Å². The van der Waals surface area contributed by atoms with Crippen molar-refractivity contribution in [2.24, 2.45) is 0 Å². The first-order valence-electron chi connectivity index (χ1n) is 11.5. The van der Waals surface area contributed by atoms with Gasteiger partial charge in [0.2, 0.25) is 0 Å². The lowest BCUT2D eigenvalue weighted by Crippen LogP contribution is -1.87. The van der Waals surface area contributed by atoms with E-state index in [0.29, 0.717) is 22.6 Å². The lowest BCUT2D eigenvalue weighted by molar-refractivity contribution is 1.13. The summed E-state index contributed by atoms with van der Waals surface area (Å²) in [6.45, 7) is 0. The highest BCUT2D eigenvalue weighted by Crippen LogP contribution is 2.03. The van der Waals surface area contributed by atoms with Gasteiger partial charge in [0, 0.05) is 68.2 Å². The maximum Gasteiger partial charge on any atom is 0.197 e. The molecule has 40 heavy (non-hydrogen) atoms. The third-order valence-corrected chi connectivity index (χ3v) is 4.72. The maximum atomic E-state index is 4.08. The van der Waals surface area contributed by atoms with Crippen LogP contribution in [-0.4, -0.2) is 74.8 Å². The minimum atomic E-state index is 0.588. The third-order valence-electron chi connectivity index (χ3n) is 4.72. The van der Waals surface area contributed by atoms with E-state index in [2.05, 4.69) is 74.8 Å². The Morgan fingerprint density at radius 1 is 0.300 bits per heavy atom. The molecule has 0 spiro atoms. The second kappa shape index (κ2) is 13.3. The molecule has 0 N–H and O–H groups in total. The Morgan fingerprint density at radius 2 is 0.750 bits per heavy atom. The van der Waals surface area contributed by atoms with E-state index < -0.39 is 0 Å². The van der Waals surface area contributed by atoms with Crippen LogP contribution in [-0.2, 0) is 0 Å². The SMILES string of the molecule is c1cc2nccnc2cn1.c1cnc2nccnc2n1.c1cnc2ncncc2n1.c1ncc2cncnc2n1. The summed E-state index contributed by atoms with van der Waals surface area (Å²) in [6.07, 6.45) is 25.7. The molecule has 15 nitrogen and oxygen atoms in total. The van der Waals surface area contributed by atoms with Crippen LogP contribution in [0.25, 0.3) is 44.5 Å². The van der Waals surface area contributed by atoms with Crippen LogP contribution in [0, 0.1) is 0 Å². The number of pyridine rings is 1. The van der Waals surface area contributed by atoms with E-state index in [-0.39, 0.29) is 0 Å². The standard InChI is InChI=1S/C7H5N3.3C6H4N4/c1-2-8-5-7-6(1)9-3-4-10-7;1-5-2-8-4-10-6(5)9-3-7-1;1-2-9-6-5(8-1)3-7-4-10-6;1-2-8-6-5(7-1)9-3-4-10-6/h1-5H;3*1-4H. The van der Waals surface area contributed by atoms with E-state index in [1.165, 1.54) is 19.0 Å². The fourth-order valence-corrected chi connectivity index (χ4v) is 2.99. The molecule has 0 atom stereocenters. The topological polar surface area (TPSA) is 193 Å². The zero-order valence-corrected chi connectivity index (χ0v) is 20.5. The predicted octanol–water partition coefficient (Wildman–Crippen LogP) is 2.28. The number of rotatable bonds is 0. The molecule has 0 radical (unpaired) electrons. The highest BCUT2D eigenvalue weighted by atomic mass is 15.0. The molecule has 0 aliphatic rings. The molecular weight excluding hydrogens is 510 g/mol. The van der Waals surface area contributed by atoms with Gasteiger partial charge in [-0.3, -0.25) is 15.0 Å². The molecule has 8 heterocycles. The monoisotopic (exact) mass is 527 g/mol. The summed E-state index contributed by atoms with van der Waals surface area (Å²) in [5.41, 5.74) is 4.95. The molecule has 8 aromatic heterocycles. The molecule has 192 valence electrons. The quantitative estimate of drug-likeness (QED) is 0.278. The molecule has 0 aliphatic carbocycles. The minimum absolute atomic E-state index is 0.588. The Balaban J connectivity index is 0.000000108. The van der Waals surface area contributed by atoms with E-state index in [1.54, 1.807) is 80.6 Å². The van der Waals surface area contributed by atoms with Crippen molar-refractivity contribution in [2.45, 2.75) is 0 Å². The number of fused-ring (bicyclic) bond motifs is 4. The zero-order chi connectivity index (χ0) is 27.2. The largest absolute Gasteiger partial charge is 0.262 e. The fraction of sp³-hybridized carbons (Fsp3) is 0. The molecule has 0 unspecified atom stereocenters. The summed E-state index contributed by atoms with van der Waals surface area (Å²) >= 11 is 0. The maximum absolute atomic E-state index is 4.08. The van der Waals surface area contributed by atoms with Crippen LogP contribution in [0.1, 0.15) is 0 Å². The van der Waals surface area contributed by atoms with Crippen molar-refractivity contribution in [3.8, 4) is 0 Å². The summed E-state index contributed by atoms with van der Waals surface area (Å²) in [5, 5.41) is 0.866. The van der Waals surface area contributed by atoms with E-state index >= 15 is 0 Å². The van der Waals surface area contributed by atoms with E-state index in [0.717, 1.165) is 21.9 Å². The van der Waals surface area contributed by atoms with Crippen LogP contribution in [0.3, 0.4) is 0 Å². The van der Waals surface area contributed by atoms with Crippen LogP contribution < -0.4 is 0 Å². The molecule has 15 heteroatoms. The third kappa shape index (κ3) is 6.94. The van der Waals surface area contributed by atoms with Gasteiger partial charge in [-0.25, -0.2) is 59.8 Å². The lowest BCUT2D eigenvalue weighted by atomic mass is 10.4. The van der Waals surface area contributed by atoms with Crippen molar-refractivity contribution in [1.82, 2.24) is 74.8 Å². The first kappa shape index (κ1) is 25.4. The van der Waals surface area contributed by atoms with Gasteiger partial charge in [0.1, 0.15) is 30.0 Å². The highest BCUT2D eigenvalue weighted by molar-refractivity contribution is 5.72. The molecule has 8 rings (SSSR count). The van der Waals surface area contributed by atoms with Gasteiger partial charge >= 0.3 is 0 Å². The van der Waals surface area contributed by atoms with Crippen molar-refractivity contribution in [1.29, 1.82) is 0 Å². The van der Waals surface area contributed by atoms with Gasteiger partial charge < -0.3 is 0 Å². The molecule has 0 amide bonds. The molecule has 0 aliphatic heterocycles. The van der Waals surface area contributed by atoms with Crippen molar-refractivity contribution < 1.29 is 0 Å². The second-order valence-electron chi connectivity index (χ2n) is 7.29. The fourth-order valence-electron chi connectivity index (χ4n) is 2.99. The number of aromatic nitrogens is 15. The molecular formula is C25H17N15. The van der Waals surface area contributed by atoms with Crippen LogP contribution in [0.4, 0.5) is 0 Å². The Bertz CT molecular complexity index is 1410. The van der Waals surface area contributed by atoms with Crippen molar-refractivity contribution in [3.63, 3.8) is 0 Å². The van der Waals surface area contributed by atoms with Gasteiger partial charge in [0.05, 0.1) is 23.3 Å². The van der Waals surface area contributed by atoms with E-state index in [9.17, 15) is 0 Å². The average Bonchev–Trinajstić information content (AvgIpc) is 3.06. The smallest absolute Gasteiger partial charge is 0.197 e. The number of nitrogens with zero attached hydrogens (tertiary/aromatic N) is 15. The van der Waals surface area contributed by atoms with Crippen molar-refractivity contribution >= 4 is 44.5 Å². The minimum Gasteiger partial charge on any atom is -0.262 e. The summed E-state index contributed by atoms with van der Waals surface area (Å²) in [7, 11) is 0. The van der Waals surface area contributed by atoms with Gasteiger partial charge in [-0.1, -0.05) is 0 Å². The molecule has 0 aromatic carbocycles. The Labute approximate surface area is 225 Å². The van der Waals surface area contributed by atoms with Gasteiger partial charge in [0.15, 0.2) is 22.6 Å². The van der Waals surface area contributed by atoms with Crippen LogP contribution in [0.2, 0.25) is 0 Å². The van der Waals surface area contributed by atoms with Gasteiger partial charge in [-0.2, -0.15) is 0 Å². The van der Waals surface area contributed by atoms with Crippen LogP contribution in [0.5, 0.6) is 0 Å². The Morgan fingerprint density at radius 3 is 1.30 bits per heavy atom. The van der Waals surface area contributed by atoms with E-state index in [4.69, 9.17) is 0 Å². The zero-order valence-electron chi connectivity index (χ0n) is 20.5. The normalized spacial score (nSPS) is 10.0. The molecule has 0 fully saturated rings. The van der Waals surface area contributed by atoms with Gasteiger partial charge in [0.25, 0.3) is 0 Å². The highest BCUT2D eigenvalue weighted by Gasteiger charge is 1.93. The lowest BCUT2D eigenvalue weighted by Gasteiger charge is -1.90. The summed E-state index contributed by atoms with van der Waals surface area (Å²) < 4.78 is 0. The summed E-state index contributed by atoms with van der Waals surface area (Å²) in [4.78, 5) is 59.0. The van der Waals surface area contributed by atoms with Crippen LogP contribution >= 0.6 is 0 Å². The van der Waals surface area contributed by atoms with Gasteiger partial charge in [-0.15, -0.1) is 0 Å². The second-order valence-corrected chi connectivity index (χ2v) is 7.29. The Hall–Kier alpha value is -6.25. The molecule has 8 aromatic rings. The molecule has 0 saturated heterocycles. The Kier molecular flexibility index (Phi) is 8.47. The number of hydrogen-bond donors (Lipinski definition) is 0. The summed E-state index contributed by atoms with van der Waals surface area (Å²) in [6, 6.07) is 1.84. The molecule has 0 bridgehead atoms. The number of hydrogen-bond acceptors (Lipinski definition) is 15. The average molecular weight is 528 g/mol. The van der Waals surface area contributed by atoms with Crippen molar-refractivity contribution in [3.05, 3.63) is 106 Å².